The number of rotatable bonds is 10. The third kappa shape index (κ3) is 6.85. The number of nitrogens with zero attached hydrogens (tertiary/aromatic N) is 5. The van der Waals surface area contributed by atoms with E-state index in [4.69, 9.17) is 14.7 Å². The topological polar surface area (TPSA) is 99.3 Å². The number of fused-ring (bicyclic) bond motifs is 2. The van der Waals surface area contributed by atoms with Crippen LogP contribution in [0.3, 0.4) is 0 Å². The first-order valence-corrected chi connectivity index (χ1v) is 14.1. The number of nitrogens with one attached hydrogen (secondary N) is 2. The van der Waals surface area contributed by atoms with Crippen LogP contribution in [-0.4, -0.2) is 76.7 Å². The van der Waals surface area contributed by atoms with Crippen LogP contribution >= 0.6 is 0 Å². The number of amides is 1. The van der Waals surface area contributed by atoms with Crippen LogP contribution in [0.1, 0.15) is 7.43 Å². The van der Waals surface area contributed by atoms with Crippen LogP contribution in [0.2, 0.25) is 0 Å². The Morgan fingerprint density at radius 2 is 1.61 bits per heavy atom. The van der Waals surface area contributed by atoms with Crippen LogP contribution in [0, 0.1) is 0 Å². The zero-order valence-corrected chi connectivity index (χ0v) is 24.4. The number of aromatic nitrogens is 4. The summed E-state index contributed by atoms with van der Waals surface area (Å²) < 4.78 is 6.09. The van der Waals surface area contributed by atoms with Gasteiger partial charge in [-0.25, -0.2) is 9.97 Å². The number of aromatic amines is 1. The molecule has 0 aliphatic carbocycles. The van der Waals surface area contributed by atoms with E-state index in [9.17, 15) is 4.79 Å². The Morgan fingerprint density at radius 3 is 2.39 bits per heavy atom. The van der Waals surface area contributed by atoms with Gasteiger partial charge in [0.15, 0.2) is 5.82 Å². The van der Waals surface area contributed by atoms with Crippen LogP contribution in [0.4, 0.5) is 11.5 Å². The molecule has 9 nitrogen and oxygen atoms in total. The predicted octanol–water partition coefficient (Wildman–Crippen LogP) is 6.62. The molecule has 0 atom stereocenters. The monoisotopic (exact) mass is 587 g/mol. The maximum atomic E-state index is 12.0. The molecule has 1 amide bonds. The Bertz CT molecular complexity index is 1870. The number of anilines is 2. The summed E-state index contributed by atoms with van der Waals surface area (Å²) in [6.07, 6.45) is 1.80. The van der Waals surface area contributed by atoms with Crippen molar-refractivity contribution in [3.05, 3.63) is 97.2 Å². The van der Waals surface area contributed by atoms with Gasteiger partial charge in [-0.15, -0.1) is 0 Å². The summed E-state index contributed by atoms with van der Waals surface area (Å²) >= 11 is 0. The molecular formula is C35H37N7O2. The van der Waals surface area contributed by atoms with E-state index >= 15 is 0 Å². The number of carbonyl (C=O) groups excluding carboxylic acids is 1. The van der Waals surface area contributed by atoms with Crippen molar-refractivity contribution >= 4 is 39.2 Å². The molecular weight excluding hydrogens is 550 g/mol. The SMILES string of the molecule is C.CN(CCOc1ccc2nc(-c3ccc(-c4ccccc4)cc3)nc(Nc3ccc4[nH]ncc4c3)c2c1)CC(=O)N(C)C. The number of benzene rings is 4. The van der Waals surface area contributed by atoms with Crippen molar-refractivity contribution in [3.63, 3.8) is 0 Å². The van der Waals surface area contributed by atoms with E-state index in [1.54, 1.807) is 25.2 Å². The van der Waals surface area contributed by atoms with Crippen LogP contribution in [0.25, 0.3) is 44.3 Å². The van der Waals surface area contributed by atoms with Crippen molar-refractivity contribution in [2.75, 3.05) is 46.2 Å². The highest BCUT2D eigenvalue weighted by Gasteiger charge is 2.13. The van der Waals surface area contributed by atoms with E-state index in [0.717, 1.165) is 44.2 Å². The van der Waals surface area contributed by atoms with Crippen LogP contribution in [0.15, 0.2) is 97.2 Å². The molecule has 2 aromatic heterocycles. The zero-order valence-electron chi connectivity index (χ0n) is 24.4. The standard InChI is InChI=1S/C34H33N7O2.CH4/c1-40(2)32(42)22-41(3)17-18-43-28-14-16-31-29(20-28)34(36-27-13-15-30-26(19-27)21-35-39-30)38-33(37-31)25-11-9-24(10-12-25)23-7-5-4-6-8-23;/h4-16,19-21H,17-18,22H2,1-3H3,(H,35,39)(H,36,37,38);1H4. The molecule has 0 saturated carbocycles. The second-order valence-electron chi connectivity index (χ2n) is 10.7. The van der Waals surface area contributed by atoms with Crippen molar-refractivity contribution in [2.45, 2.75) is 7.43 Å². The molecule has 0 aliphatic rings. The molecule has 0 aliphatic heterocycles. The lowest BCUT2D eigenvalue weighted by Crippen LogP contribution is -2.36. The van der Waals surface area contributed by atoms with Crippen molar-refractivity contribution in [3.8, 4) is 28.3 Å². The van der Waals surface area contributed by atoms with E-state index in [1.165, 1.54) is 0 Å². The summed E-state index contributed by atoms with van der Waals surface area (Å²) in [7, 11) is 5.42. The summed E-state index contributed by atoms with van der Waals surface area (Å²) in [5.41, 5.74) is 5.86. The lowest BCUT2D eigenvalue weighted by molar-refractivity contribution is -0.129. The maximum Gasteiger partial charge on any atom is 0.236 e. The number of H-pyrrole nitrogens is 1. The Kier molecular flexibility index (Phi) is 9.16. The lowest BCUT2D eigenvalue weighted by atomic mass is 10.0. The van der Waals surface area contributed by atoms with E-state index in [1.807, 2.05) is 66.5 Å². The molecule has 0 bridgehead atoms. The molecule has 0 spiro atoms. The molecule has 4 aromatic carbocycles. The van der Waals surface area contributed by atoms with Crippen molar-refractivity contribution in [1.29, 1.82) is 0 Å². The number of likely N-dealkylation sites (N-methyl/N-ethyl adjacent to an activating group) is 2. The predicted molar refractivity (Wildman–Crippen MR) is 178 cm³/mol. The maximum absolute atomic E-state index is 12.0. The normalized spacial score (nSPS) is 11.0. The number of carbonyl (C=O) groups is 1. The van der Waals surface area contributed by atoms with E-state index in [0.29, 0.717) is 37.1 Å². The van der Waals surface area contributed by atoms with Gasteiger partial charge in [0.1, 0.15) is 18.2 Å². The second kappa shape index (κ2) is 13.4. The van der Waals surface area contributed by atoms with Gasteiger partial charge in [-0.1, -0.05) is 62.0 Å². The van der Waals surface area contributed by atoms with Gasteiger partial charge in [0.05, 0.1) is 23.8 Å². The van der Waals surface area contributed by atoms with Crippen molar-refractivity contribution in [1.82, 2.24) is 30.0 Å². The number of hydrogen-bond acceptors (Lipinski definition) is 7. The van der Waals surface area contributed by atoms with Gasteiger partial charge in [-0.05, 0) is 54.6 Å². The van der Waals surface area contributed by atoms with Crippen LogP contribution < -0.4 is 10.1 Å². The Labute approximate surface area is 257 Å². The molecule has 0 radical (unpaired) electrons. The summed E-state index contributed by atoms with van der Waals surface area (Å²) in [6, 6.07) is 30.4. The fraction of sp³-hybridized carbons (Fsp3) is 0.200. The highest BCUT2D eigenvalue weighted by atomic mass is 16.5. The number of hydrogen-bond donors (Lipinski definition) is 2. The first kappa shape index (κ1) is 30.2. The molecule has 0 fully saturated rings. The molecule has 0 unspecified atom stereocenters. The third-order valence-electron chi connectivity index (χ3n) is 7.27. The van der Waals surface area contributed by atoms with Gasteiger partial charge in [-0.3, -0.25) is 14.8 Å². The van der Waals surface area contributed by atoms with Gasteiger partial charge in [0, 0.05) is 42.7 Å². The van der Waals surface area contributed by atoms with Gasteiger partial charge in [0.25, 0.3) is 0 Å². The van der Waals surface area contributed by atoms with Crippen LogP contribution in [0.5, 0.6) is 5.75 Å². The van der Waals surface area contributed by atoms with Crippen molar-refractivity contribution < 1.29 is 9.53 Å². The lowest BCUT2D eigenvalue weighted by Gasteiger charge is -2.19. The molecule has 6 aromatic rings. The Hall–Kier alpha value is -5.28. The fourth-order valence-electron chi connectivity index (χ4n) is 4.79. The first-order chi connectivity index (χ1) is 20.9. The van der Waals surface area contributed by atoms with Gasteiger partial charge in [-0.2, -0.15) is 5.10 Å². The van der Waals surface area contributed by atoms with Gasteiger partial charge >= 0.3 is 0 Å². The van der Waals surface area contributed by atoms with Crippen molar-refractivity contribution in [2.24, 2.45) is 0 Å². The third-order valence-corrected chi connectivity index (χ3v) is 7.27. The Balaban J connectivity index is 0.00000384. The largest absolute Gasteiger partial charge is 0.492 e. The average Bonchev–Trinajstić information content (AvgIpc) is 3.50. The molecule has 2 heterocycles. The first-order valence-electron chi connectivity index (χ1n) is 14.1. The minimum atomic E-state index is 0. The van der Waals surface area contributed by atoms with E-state index < -0.39 is 0 Å². The van der Waals surface area contributed by atoms with E-state index in [2.05, 4.69) is 51.9 Å². The fourth-order valence-corrected chi connectivity index (χ4v) is 4.79. The highest BCUT2D eigenvalue weighted by molar-refractivity contribution is 5.94. The summed E-state index contributed by atoms with van der Waals surface area (Å²) in [5.74, 6) is 2.06. The minimum Gasteiger partial charge on any atom is -0.492 e. The number of ether oxygens (including phenoxy) is 1. The highest BCUT2D eigenvalue weighted by Crippen LogP contribution is 2.32. The second-order valence-corrected chi connectivity index (χ2v) is 10.7. The quantitative estimate of drug-likeness (QED) is 0.186. The zero-order chi connectivity index (χ0) is 29.8. The minimum absolute atomic E-state index is 0. The summed E-state index contributed by atoms with van der Waals surface area (Å²) in [5, 5.41) is 12.5. The molecule has 44 heavy (non-hydrogen) atoms. The smallest absolute Gasteiger partial charge is 0.236 e. The molecule has 0 saturated heterocycles. The van der Waals surface area contributed by atoms with Crippen LogP contribution in [-0.2, 0) is 4.79 Å². The molecule has 9 heteroatoms. The average molecular weight is 588 g/mol. The molecule has 2 N–H and O–H groups in total. The Morgan fingerprint density at radius 1 is 0.864 bits per heavy atom. The van der Waals surface area contributed by atoms with E-state index in [-0.39, 0.29) is 13.3 Å². The summed E-state index contributed by atoms with van der Waals surface area (Å²) in [6.45, 7) is 1.39. The molecule has 6 rings (SSSR count). The van der Waals surface area contributed by atoms with Gasteiger partial charge in [0.2, 0.25) is 5.91 Å². The molecule has 224 valence electrons. The van der Waals surface area contributed by atoms with Gasteiger partial charge < -0.3 is 15.0 Å². The summed E-state index contributed by atoms with van der Waals surface area (Å²) in [4.78, 5) is 25.4.